The third kappa shape index (κ3) is 4.68. The predicted octanol–water partition coefficient (Wildman–Crippen LogP) is 4.14. The van der Waals surface area contributed by atoms with Gasteiger partial charge in [0, 0.05) is 29.2 Å². The van der Waals surface area contributed by atoms with Crippen molar-refractivity contribution in [3.63, 3.8) is 0 Å². The number of nitrogens with one attached hydrogen (secondary N) is 1. The molecule has 0 aromatic heterocycles. The molecule has 0 unspecified atom stereocenters. The molecule has 0 spiro atoms. The number of hydrogen-bond acceptors (Lipinski definition) is 5. The quantitative estimate of drug-likeness (QED) is 0.723. The molecule has 2 aromatic carbocycles. The number of fused-ring (bicyclic) bond motifs is 1. The molecule has 1 N–H and O–H groups in total. The molecule has 0 saturated heterocycles. The Bertz CT molecular complexity index is 866. The molecule has 0 fully saturated rings. The van der Waals surface area contributed by atoms with Gasteiger partial charge in [0.1, 0.15) is 0 Å². The van der Waals surface area contributed by atoms with Gasteiger partial charge in [0.2, 0.25) is 0 Å². The van der Waals surface area contributed by atoms with Crippen molar-refractivity contribution in [3.05, 3.63) is 53.1 Å². The van der Waals surface area contributed by atoms with E-state index in [1.165, 1.54) is 0 Å². The minimum absolute atomic E-state index is 0.112. The lowest BCUT2D eigenvalue weighted by atomic mass is 10.0. The van der Waals surface area contributed by atoms with Crippen LogP contribution in [0.15, 0.2) is 41.3 Å². The van der Waals surface area contributed by atoms with Crippen LogP contribution in [0.25, 0.3) is 0 Å². The number of hydrogen-bond donors (Lipinski definition) is 1. The van der Waals surface area contributed by atoms with Crippen LogP contribution < -0.4 is 14.8 Å². The summed E-state index contributed by atoms with van der Waals surface area (Å²) in [5.74, 6) is 2.15. The number of ether oxygens (including phenoxy) is 2. The first kappa shape index (κ1) is 20.3. The average molecular weight is 400 g/mol. The smallest absolute Gasteiger partial charge is 0.252 e. The Labute approximate surface area is 169 Å². The minimum atomic E-state index is -0.144. The third-order valence-electron chi connectivity index (χ3n) is 4.44. The lowest BCUT2D eigenvalue weighted by Crippen LogP contribution is -2.27. The molecule has 1 aliphatic heterocycles. The van der Waals surface area contributed by atoms with Gasteiger partial charge in [0.15, 0.2) is 17.3 Å². The number of benzene rings is 2. The average Bonchev–Trinajstić information content (AvgIpc) is 2.70. The topological polar surface area (TPSA) is 64.6 Å². The molecule has 0 radical (unpaired) electrons. The second kappa shape index (κ2) is 9.64. The van der Waals surface area contributed by atoms with E-state index in [4.69, 9.17) is 9.47 Å². The summed E-state index contributed by atoms with van der Waals surface area (Å²) in [6, 6.07) is 11.2. The van der Waals surface area contributed by atoms with E-state index in [0.29, 0.717) is 43.7 Å². The summed E-state index contributed by atoms with van der Waals surface area (Å²) in [4.78, 5) is 25.5. The van der Waals surface area contributed by atoms with Crippen LogP contribution in [0.5, 0.6) is 11.5 Å². The molecule has 1 amide bonds. The Morgan fingerprint density at radius 3 is 2.68 bits per heavy atom. The van der Waals surface area contributed by atoms with Crippen molar-refractivity contribution in [1.29, 1.82) is 0 Å². The van der Waals surface area contributed by atoms with Crippen molar-refractivity contribution in [3.8, 4) is 11.5 Å². The van der Waals surface area contributed by atoms with Crippen LogP contribution >= 0.6 is 11.8 Å². The number of Topliss-reactive ketones (excluding diaryl/α,β-unsaturated/α-hetero) is 1. The van der Waals surface area contributed by atoms with E-state index in [1.807, 2.05) is 32.0 Å². The highest BCUT2D eigenvalue weighted by Crippen LogP contribution is 2.33. The van der Waals surface area contributed by atoms with Crippen LogP contribution in [0.1, 0.15) is 46.5 Å². The molecular weight excluding hydrogens is 374 g/mol. The van der Waals surface area contributed by atoms with Gasteiger partial charge in [-0.05, 0) is 44.0 Å². The van der Waals surface area contributed by atoms with Crippen molar-refractivity contribution < 1.29 is 19.1 Å². The first-order valence-electron chi connectivity index (χ1n) is 9.59. The molecule has 0 atom stereocenters. The number of amides is 1. The highest BCUT2D eigenvalue weighted by Gasteiger charge is 2.22. The monoisotopic (exact) mass is 399 g/mol. The SMILES string of the molecule is CCOc1ccc(CCNC(=O)c2cccc3c2SCCC3=O)cc1OCC. The fourth-order valence-electron chi connectivity index (χ4n) is 3.14. The van der Waals surface area contributed by atoms with Gasteiger partial charge in [-0.25, -0.2) is 0 Å². The minimum Gasteiger partial charge on any atom is -0.490 e. The van der Waals surface area contributed by atoms with Gasteiger partial charge in [0.25, 0.3) is 5.91 Å². The fourth-order valence-corrected chi connectivity index (χ4v) is 4.28. The standard InChI is InChI=1S/C22H25NO4S/c1-3-26-19-9-8-15(14-20(19)27-4-2)10-12-23-22(25)17-7-5-6-16-18(24)11-13-28-21(16)17/h5-9,14H,3-4,10-13H2,1-2H3,(H,23,25). The highest BCUT2D eigenvalue weighted by molar-refractivity contribution is 7.99. The molecule has 6 heteroatoms. The summed E-state index contributed by atoms with van der Waals surface area (Å²) in [6.07, 6.45) is 1.21. The molecule has 28 heavy (non-hydrogen) atoms. The maximum Gasteiger partial charge on any atom is 0.252 e. The van der Waals surface area contributed by atoms with Gasteiger partial charge >= 0.3 is 0 Å². The van der Waals surface area contributed by atoms with Crippen LogP contribution in [0.3, 0.4) is 0 Å². The van der Waals surface area contributed by atoms with Gasteiger partial charge in [-0.2, -0.15) is 0 Å². The van der Waals surface area contributed by atoms with E-state index < -0.39 is 0 Å². The van der Waals surface area contributed by atoms with E-state index in [-0.39, 0.29) is 11.7 Å². The van der Waals surface area contributed by atoms with Crippen LogP contribution in [0.2, 0.25) is 0 Å². The largest absolute Gasteiger partial charge is 0.490 e. The van der Waals surface area contributed by atoms with Crippen molar-refractivity contribution in [1.82, 2.24) is 5.32 Å². The van der Waals surface area contributed by atoms with Crippen LogP contribution in [0.4, 0.5) is 0 Å². The Morgan fingerprint density at radius 2 is 1.89 bits per heavy atom. The number of carbonyl (C=O) groups is 2. The van der Waals surface area contributed by atoms with Gasteiger partial charge in [-0.1, -0.05) is 18.2 Å². The molecular formula is C22H25NO4S. The molecule has 0 aliphatic carbocycles. The van der Waals surface area contributed by atoms with E-state index in [9.17, 15) is 9.59 Å². The van der Waals surface area contributed by atoms with Crippen molar-refractivity contribution >= 4 is 23.5 Å². The zero-order chi connectivity index (χ0) is 19.9. The Balaban J connectivity index is 1.64. The van der Waals surface area contributed by atoms with Crippen molar-refractivity contribution in [2.45, 2.75) is 31.6 Å². The summed E-state index contributed by atoms with van der Waals surface area (Å²) in [6.45, 7) is 5.52. The zero-order valence-corrected chi connectivity index (χ0v) is 17.1. The van der Waals surface area contributed by atoms with Crippen molar-refractivity contribution in [2.75, 3.05) is 25.5 Å². The molecule has 0 bridgehead atoms. The number of carbonyl (C=O) groups excluding carboxylic acids is 2. The Morgan fingerprint density at radius 1 is 1.11 bits per heavy atom. The number of thioether (sulfide) groups is 1. The summed E-state index contributed by atoms with van der Waals surface area (Å²) < 4.78 is 11.2. The molecule has 1 aliphatic rings. The molecule has 0 saturated carbocycles. The van der Waals surface area contributed by atoms with Crippen LogP contribution in [-0.2, 0) is 6.42 Å². The normalized spacial score (nSPS) is 13.0. The van der Waals surface area contributed by atoms with Crippen LogP contribution in [-0.4, -0.2) is 37.2 Å². The third-order valence-corrected chi connectivity index (χ3v) is 5.58. The molecule has 3 rings (SSSR count). The Hall–Kier alpha value is -2.47. The van der Waals surface area contributed by atoms with Gasteiger partial charge in [0.05, 0.1) is 18.8 Å². The number of ketones is 1. The molecule has 5 nitrogen and oxygen atoms in total. The lowest BCUT2D eigenvalue weighted by molar-refractivity contribution is 0.0951. The second-order valence-electron chi connectivity index (χ2n) is 6.36. The van der Waals surface area contributed by atoms with Gasteiger partial charge in [-0.15, -0.1) is 11.8 Å². The lowest BCUT2D eigenvalue weighted by Gasteiger charge is -2.17. The number of rotatable bonds is 8. The molecule has 1 heterocycles. The van der Waals surface area contributed by atoms with Crippen molar-refractivity contribution in [2.24, 2.45) is 0 Å². The second-order valence-corrected chi connectivity index (χ2v) is 7.46. The predicted molar refractivity (Wildman–Crippen MR) is 111 cm³/mol. The fraction of sp³-hybridized carbons (Fsp3) is 0.364. The molecule has 148 valence electrons. The zero-order valence-electron chi connectivity index (χ0n) is 16.2. The summed E-state index contributed by atoms with van der Waals surface area (Å²) >= 11 is 1.58. The van der Waals surface area contributed by atoms with E-state index in [0.717, 1.165) is 27.7 Å². The van der Waals surface area contributed by atoms with Crippen LogP contribution in [0, 0.1) is 0 Å². The summed E-state index contributed by atoms with van der Waals surface area (Å²) in [5.41, 5.74) is 2.31. The van der Waals surface area contributed by atoms with Gasteiger partial charge < -0.3 is 14.8 Å². The van der Waals surface area contributed by atoms with E-state index in [2.05, 4.69) is 5.32 Å². The van der Waals surface area contributed by atoms with Gasteiger partial charge in [-0.3, -0.25) is 9.59 Å². The summed E-state index contributed by atoms with van der Waals surface area (Å²) in [5, 5.41) is 2.97. The molecule has 2 aromatic rings. The van der Waals surface area contributed by atoms with E-state index in [1.54, 1.807) is 30.0 Å². The maximum absolute atomic E-state index is 12.6. The highest BCUT2D eigenvalue weighted by atomic mass is 32.2. The van der Waals surface area contributed by atoms with E-state index >= 15 is 0 Å². The first-order chi connectivity index (χ1) is 13.6. The maximum atomic E-state index is 12.6. The first-order valence-corrected chi connectivity index (χ1v) is 10.6. The summed E-state index contributed by atoms with van der Waals surface area (Å²) in [7, 11) is 0. The Kier molecular flexibility index (Phi) is 6.98.